The Balaban J connectivity index is 1.79. The van der Waals surface area contributed by atoms with Crippen molar-refractivity contribution in [2.45, 2.75) is 20.1 Å². The number of halogens is 1. The zero-order chi connectivity index (χ0) is 18.5. The molecule has 0 bridgehead atoms. The summed E-state index contributed by atoms with van der Waals surface area (Å²) in [7, 11) is 1.63. The van der Waals surface area contributed by atoms with Crippen LogP contribution in [0.3, 0.4) is 0 Å². The molecule has 1 aromatic carbocycles. The number of methoxy groups -OCH3 is 1. The van der Waals surface area contributed by atoms with Gasteiger partial charge in [-0.1, -0.05) is 16.8 Å². The van der Waals surface area contributed by atoms with E-state index in [0.717, 1.165) is 22.8 Å². The van der Waals surface area contributed by atoms with E-state index < -0.39 is 0 Å². The van der Waals surface area contributed by atoms with Gasteiger partial charge in [-0.05, 0) is 18.2 Å². The number of imidazole rings is 1. The van der Waals surface area contributed by atoms with Gasteiger partial charge in [-0.2, -0.15) is 4.98 Å². The Hall–Kier alpha value is -3.04. The Morgan fingerprint density at radius 1 is 1.30 bits per heavy atom. The third-order valence-corrected chi connectivity index (χ3v) is 4.71. The molecule has 0 atom stereocenters. The Morgan fingerprint density at radius 3 is 2.96 bits per heavy atom. The van der Waals surface area contributed by atoms with Crippen molar-refractivity contribution in [3.05, 3.63) is 47.0 Å². The molecule has 10 heteroatoms. The van der Waals surface area contributed by atoms with Gasteiger partial charge in [0.15, 0.2) is 11.6 Å². The molecule has 0 radical (unpaired) electrons. The fraction of sp³-hybridized carbons (Fsp3) is 0.235. The number of nitrogens with zero attached hydrogens (tertiary/aromatic N) is 7. The van der Waals surface area contributed by atoms with Crippen LogP contribution >= 0.6 is 11.6 Å². The number of rotatable bonds is 3. The Labute approximate surface area is 158 Å². The second-order valence-corrected chi connectivity index (χ2v) is 6.60. The standard InChI is InChI=1S/C17H14ClN7O2/c1-9-20-16(23-27-9)15-13-6-24-14(7-26-2)21-22-17(24)11-5-10(18)3-4-12(11)25(13)8-19-15/h3-5,8H,6-7H2,1-2H3. The highest BCUT2D eigenvalue weighted by molar-refractivity contribution is 6.31. The Kier molecular flexibility index (Phi) is 3.59. The largest absolute Gasteiger partial charge is 0.377 e. The van der Waals surface area contributed by atoms with Gasteiger partial charge in [-0.25, -0.2) is 4.98 Å². The highest BCUT2D eigenvalue weighted by Gasteiger charge is 2.27. The molecule has 1 aliphatic heterocycles. The third kappa shape index (κ3) is 2.47. The van der Waals surface area contributed by atoms with Crippen molar-refractivity contribution in [1.29, 1.82) is 0 Å². The van der Waals surface area contributed by atoms with Crippen molar-refractivity contribution < 1.29 is 9.26 Å². The number of hydrogen-bond acceptors (Lipinski definition) is 7. The molecule has 0 saturated heterocycles. The van der Waals surface area contributed by atoms with E-state index in [1.54, 1.807) is 20.4 Å². The van der Waals surface area contributed by atoms with E-state index in [-0.39, 0.29) is 0 Å². The van der Waals surface area contributed by atoms with E-state index in [4.69, 9.17) is 20.9 Å². The molecule has 1 aliphatic rings. The van der Waals surface area contributed by atoms with Crippen LogP contribution in [0.5, 0.6) is 0 Å². The number of fused-ring (bicyclic) bond motifs is 5. The van der Waals surface area contributed by atoms with E-state index >= 15 is 0 Å². The third-order valence-electron chi connectivity index (χ3n) is 4.47. The Morgan fingerprint density at radius 2 is 2.19 bits per heavy atom. The lowest BCUT2D eigenvalue weighted by atomic mass is 10.1. The van der Waals surface area contributed by atoms with Crippen LogP contribution in [0, 0.1) is 6.92 Å². The summed E-state index contributed by atoms with van der Waals surface area (Å²) in [4.78, 5) is 8.86. The number of hydrogen-bond donors (Lipinski definition) is 0. The molecular weight excluding hydrogens is 370 g/mol. The molecule has 5 rings (SSSR count). The SMILES string of the molecule is COCc1nnc2n1Cc1c(-c3noc(C)n3)ncn1-c1ccc(Cl)cc1-2. The summed E-state index contributed by atoms with van der Waals surface area (Å²) < 4.78 is 14.4. The van der Waals surface area contributed by atoms with Crippen molar-refractivity contribution in [2.75, 3.05) is 7.11 Å². The summed E-state index contributed by atoms with van der Waals surface area (Å²) in [6.07, 6.45) is 1.75. The number of benzene rings is 1. The fourth-order valence-electron chi connectivity index (χ4n) is 3.30. The maximum absolute atomic E-state index is 6.26. The van der Waals surface area contributed by atoms with Gasteiger partial charge in [-0.3, -0.25) is 4.57 Å². The van der Waals surface area contributed by atoms with E-state index in [1.165, 1.54) is 0 Å². The summed E-state index contributed by atoms with van der Waals surface area (Å²) in [6, 6.07) is 5.65. The first-order valence-corrected chi connectivity index (χ1v) is 8.61. The van der Waals surface area contributed by atoms with E-state index in [1.807, 2.05) is 27.3 Å². The predicted octanol–water partition coefficient (Wildman–Crippen LogP) is 2.65. The van der Waals surface area contributed by atoms with E-state index in [0.29, 0.717) is 41.4 Å². The molecule has 27 heavy (non-hydrogen) atoms. The van der Waals surface area contributed by atoms with Crippen molar-refractivity contribution in [3.8, 4) is 28.6 Å². The summed E-state index contributed by atoms with van der Waals surface area (Å²) in [5.41, 5.74) is 3.32. The zero-order valence-electron chi connectivity index (χ0n) is 14.5. The number of ether oxygens (including phenoxy) is 1. The second-order valence-electron chi connectivity index (χ2n) is 6.17. The van der Waals surface area contributed by atoms with Crippen LogP contribution in [-0.2, 0) is 17.9 Å². The zero-order valence-corrected chi connectivity index (χ0v) is 15.3. The van der Waals surface area contributed by atoms with E-state index in [2.05, 4.69) is 25.3 Å². The molecule has 0 saturated carbocycles. The highest BCUT2D eigenvalue weighted by atomic mass is 35.5. The molecule has 4 aromatic rings. The fourth-order valence-corrected chi connectivity index (χ4v) is 3.47. The number of aryl methyl sites for hydroxylation is 1. The summed E-state index contributed by atoms with van der Waals surface area (Å²) in [5.74, 6) is 2.36. The maximum Gasteiger partial charge on any atom is 0.223 e. The van der Waals surface area contributed by atoms with Crippen LogP contribution in [0.2, 0.25) is 5.02 Å². The first-order chi connectivity index (χ1) is 13.2. The quantitative estimate of drug-likeness (QED) is 0.472. The van der Waals surface area contributed by atoms with Crippen LogP contribution in [0.25, 0.3) is 28.6 Å². The Bertz CT molecular complexity index is 1160. The van der Waals surface area contributed by atoms with Crippen LogP contribution in [0.15, 0.2) is 29.0 Å². The van der Waals surface area contributed by atoms with Crippen molar-refractivity contribution >= 4 is 11.6 Å². The van der Waals surface area contributed by atoms with Gasteiger partial charge >= 0.3 is 0 Å². The minimum Gasteiger partial charge on any atom is -0.377 e. The van der Waals surface area contributed by atoms with Gasteiger partial charge in [0.2, 0.25) is 11.7 Å². The molecule has 0 amide bonds. The lowest BCUT2D eigenvalue weighted by Gasteiger charge is -2.08. The van der Waals surface area contributed by atoms with Gasteiger partial charge in [0.05, 0.1) is 17.9 Å². The second kappa shape index (κ2) is 6.00. The van der Waals surface area contributed by atoms with E-state index in [9.17, 15) is 0 Å². The normalized spacial score (nSPS) is 12.4. The van der Waals surface area contributed by atoms with Crippen LogP contribution in [0.4, 0.5) is 0 Å². The molecule has 9 nitrogen and oxygen atoms in total. The smallest absolute Gasteiger partial charge is 0.223 e. The van der Waals surface area contributed by atoms with Crippen molar-refractivity contribution in [3.63, 3.8) is 0 Å². The molecule has 0 unspecified atom stereocenters. The van der Waals surface area contributed by atoms with Gasteiger partial charge in [-0.15, -0.1) is 10.2 Å². The monoisotopic (exact) mass is 383 g/mol. The van der Waals surface area contributed by atoms with Crippen molar-refractivity contribution in [1.82, 2.24) is 34.5 Å². The van der Waals surface area contributed by atoms with Gasteiger partial charge in [0, 0.05) is 24.6 Å². The molecule has 136 valence electrons. The average molecular weight is 384 g/mol. The topological polar surface area (TPSA) is 96.7 Å². The molecule has 0 N–H and O–H groups in total. The number of aromatic nitrogens is 7. The minimum atomic E-state index is 0.341. The minimum absolute atomic E-state index is 0.341. The highest BCUT2D eigenvalue weighted by Crippen LogP contribution is 2.35. The lowest BCUT2D eigenvalue weighted by molar-refractivity contribution is 0.174. The first-order valence-electron chi connectivity index (χ1n) is 8.24. The summed E-state index contributed by atoms with van der Waals surface area (Å²) in [6.45, 7) is 2.57. The first kappa shape index (κ1) is 16.2. The van der Waals surface area contributed by atoms with Crippen molar-refractivity contribution in [2.24, 2.45) is 0 Å². The molecule has 0 spiro atoms. The van der Waals surface area contributed by atoms with Crippen LogP contribution in [-0.4, -0.2) is 41.6 Å². The van der Waals surface area contributed by atoms with Gasteiger partial charge in [0.1, 0.15) is 18.6 Å². The maximum atomic E-state index is 6.26. The molecular formula is C17H14ClN7O2. The van der Waals surface area contributed by atoms with Gasteiger partial charge < -0.3 is 13.8 Å². The van der Waals surface area contributed by atoms with Crippen LogP contribution < -0.4 is 0 Å². The molecule has 0 fully saturated rings. The van der Waals surface area contributed by atoms with Gasteiger partial charge in [0.25, 0.3) is 0 Å². The molecule has 4 heterocycles. The summed E-state index contributed by atoms with van der Waals surface area (Å²) >= 11 is 6.26. The lowest BCUT2D eigenvalue weighted by Crippen LogP contribution is -2.09. The predicted molar refractivity (Wildman–Crippen MR) is 95.4 cm³/mol. The molecule has 0 aliphatic carbocycles. The molecule has 3 aromatic heterocycles. The van der Waals surface area contributed by atoms with Crippen LogP contribution in [0.1, 0.15) is 17.4 Å². The summed E-state index contributed by atoms with van der Waals surface area (Å²) in [5, 5.41) is 13.3. The average Bonchev–Trinajstić information content (AvgIpc) is 3.34.